The van der Waals surface area contributed by atoms with E-state index in [0.29, 0.717) is 19.4 Å². The fourth-order valence-corrected chi connectivity index (χ4v) is 8.73. The second-order valence-corrected chi connectivity index (χ2v) is 14.2. The van der Waals surface area contributed by atoms with Gasteiger partial charge in [-0.05, 0) is 67.6 Å². The molecule has 2 saturated carbocycles. The Bertz CT molecular complexity index is 1610. The van der Waals surface area contributed by atoms with Crippen LogP contribution in [-0.4, -0.2) is 47.6 Å². The minimum atomic E-state index is -4.08. The first kappa shape index (κ1) is 29.6. The van der Waals surface area contributed by atoms with Gasteiger partial charge in [-0.25, -0.2) is 4.98 Å². The summed E-state index contributed by atoms with van der Waals surface area (Å²) >= 11 is 0. The summed E-state index contributed by atoms with van der Waals surface area (Å²) in [4.78, 5) is 24.0. The molecule has 2 heterocycles. The zero-order chi connectivity index (χ0) is 30.2. The van der Waals surface area contributed by atoms with Crippen LogP contribution in [0.25, 0.3) is 0 Å². The number of para-hydroxylation sites is 2. The summed E-state index contributed by atoms with van der Waals surface area (Å²) in [5.41, 5.74) is 3.65. The third kappa shape index (κ3) is 5.74. The van der Waals surface area contributed by atoms with Gasteiger partial charge in [0.05, 0.1) is 29.1 Å². The van der Waals surface area contributed by atoms with Crippen LogP contribution in [-0.2, 0) is 34.3 Å². The summed E-state index contributed by atoms with van der Waals surface area (Å²) in [6, 6.07) is 18.6. The molecule has 2 unspecified atom stereocenters. The zero-order valence-corrected chi connectivity index (χ0v) is 25.7. The second-order valence-electron chi connectivity index (χ2n) is 12.7. The fraction of sp³-hybridized carbons (Fsp3) is 0.485. The lowest BCUT2D eigenvalue weighted by Gasteiger charge is -2.35. The van der Waals surface area contributed by atoms with E-state index in [9.17, 15) is 13.2 Å². The summed E-state index contributed by atoms with van der Waals surface area (Å²) in [6.45, 7) is 6.06. The Labute approximate surface area is 253 Å². The molecule has 2 bridgehead atoms. The number of hydrogen-bond donors (Lipinski definition) is 2. The Kier molecular flexibility index (Phi) is 7.93. The standard InChI is InChI=1S/C23H24N4O.C10H16O4S/c1-2-8-17(9-3-1)16-24-22-18-10-4-5-11-19(18)25-23(26-22)27-14-15-28-21-13-7-6-12-20(21)27;1-9(2)7-3-4-10(9,8(11)5-7)6-15(12,13)14/h1-3,6-9,12-13H,4-5,10-11,14-16H2,(H,24,25,26);7H,3-6H2,1-2H3,(H,12,13,14). The van der Waals surface area contributed by atoms with Gasteiger partial charge in [-0.2, -0.15) is 13.4 Å². The van der Waals surface area contributed by atoms with E-state index >= 15 is 0 Å². The largest absolute Gasteiger partial charge is 0.490 e. The fourth-order valence-electron chi connectivity index (χ4n) is 7.43. The molecule has 1 aliphatic heterocycles. The van der Waals surface area contributed by atoms with Crippen molar-refractivity contribution in [2.75, 3.05) is 29.1 Å². The summed E-state index contributed by atoms with van der Waals surface area (Å²) in [6.07, 6.45) is 6.45. The van der Waals surface area contributed by atoms with Gasteiger partial charge in [-0.3, -0.25) is 9.35 Å². The Balaban J connectivity index is 0.000000185. The molecule has 228 valence electrons. The molecule has 7 rings (SSSR count). The lowest BCUT2D eigenvalue weighted by atomic mass is 9.70. The average Bonchev–Trinajstić information content (AvgIpc) is 3.34. The molecule has 2 aromatic carbocycles. The van der Waals surface area contributed by atoms with Gasteiger partial charge in [-0.15, -0.1) is 0 Å². The molecule has 0 saturated heterocycles. The molecule has 0 amide bonds. The Morgan fingerprint density at radius 1 is 1.05 bits per heavy atom. The summed E-state index contributed by atoms with van der Waals surface area (Å²) in [7, 11) is -4.08. The molecule has 4 aliphatic rings. The van der Waals surface area contributed by atoms with Gasteiger partial charge in [0, 0.05) is 18.5 Å². The van der Waals surface area contributed by atoms with Crippen molar-refractivity contribution in [2.24, 2.45) is 16.7 Å². The first-order chi connectivity index (χ1) is 20.6. The number of nitrogens with one attached hydrogen (secondary N) is 1. The number of aromatic nitrogens is 2. The van der Waals surface area contributed by atoms with Crippen molar-refractivity contribution >= 4 is 33.4 Å². The van der Waals surface area contributed by atoms with Crippen molar-refractivity contribution in [3.05, 3.63) is 71.4 Å². The molecule has 9 nitrogen and oxygen atoms in total. The Hall–Kier alpha value is -3.50. The molecule has 0 radical (unpaired) electrons. The molecule has 2 fully saturated rings. The van der Waals surface area contributed by atoms with Crippen molar-refractivity contribution in [1.82, 2.24) is 9.97 Å². The molecular formula is C33H40N4O5S. The Morgan fingerprint density at radius 2 is 1.79 bits per heavy atom. The van der Waals surface area contributed by atoms with Crippen LogP contribution in [0.4, 0.5) is 17.5 Å². The number of rotatable bonds is 6. The highest BCUT2D eigenvalue weighted by molar-refractivity contribution is 7.85. The molecule has 3 aromatic rings. The van der Waals surface area contributed by atoms with E-state index in [2.05, 4.69) is 40.5 Å². The highest BCUT2D eigenvalue weighted by Gasteiger charge is 2.65. The third-order valence-electron chi connectivity index (χ3n) is 10.0. The zero-order valence-electron chi connectivity index (χ0n) is 24.9. The SMILES string of the molecule is CC1(C)C2CCC1(CS(=O)(=O)O)C(=O)C2.c1ccc(CNc2nc(N3CCOc4ccccc43)nc3c2CCCC3)cc1. The number of nitrogens with zero attached hydrogens (tertiary/aromatic N) is 3. The molecule has 2 N–H and O–H groups in total. The summed E-state index contributed by atoms with van der Waals surface area (Å²) in [5.74, 6) is 2.55. The van der Waals surface area contributed by atoms with Crippen LogP contribution in [0.15, 0.2) is 54.6 Å². The van der Waals surface area contributed by atoms with Gasteiger partial charge in [-0.1, -0.05) is 56.3 Å². The average molecular weight is 605 g/mol. The van der Waals surface area contributed by atoms with Crippen molar-refractivity contribution in [3.8, 4) is 5.75 Å². The lowest BCUT2D eigenvalue weighted by molar-refractivity contribution is -0.128. The number of aryl methyl sites for hydroxylation is 1. The van der Waals surface area contributed by atoms with E-state index in [0.717, 1.165) is 55.6 Å². The lowest BCUT2D eigenvalue weighted by Crippen LogP contribution is -2.42. The number of carbonyl (C=O) groups excluding carboxylic acids is 1. The number of carbonyl (C=O) groups is 1. The highest BCUT2D eigenvalue weighted by atomic mass is 32.2. The van der Waals surface area contributed by atoms with Gasteiger partial charge in [0.2, 0.25) is 5.95 Å². The van der Waals surface area contributed by atoms with Gasteiger partial charge in [0.15, 0.2) is 0 Å². The molecule has 3 aliphatic carbocycles. The number of ether oxygens (including phenoxy) is 1. The van der Waals surface area contributed by atoms with Crippen molar-refractivity contribution in [2.45, 2.75) is 65.3 Å². The van der Waals surface area contributed by atoms with Crippen LogP contribution < -0.4 is 15.0 Å². The number of hydrogen-bond acceptors (Lipinski definition) is 8. The normalized spacial score (nSPS) is 23.5. The molecule has 2 atom stereocenters. The maximum Gasteiger partial charge on any atom is 0.265 e. The van der Waals surface area contributed by atoms with Gasteiger partial charge < -0.3 is 15.0 Å². The Morgan fingerprint density at radius 3 is 2.51 bits per heavy atom. The monoisotopic (exact) mass is 604 g/mol. The van der Waals surface area contributed by atoms with E-state index in [1.807, 2.05) is 38.1 Å². The topological polar surface area (TPSA) is 122 Å². The minimum absolute atomic E-state index is 0.0152. The molecular weight excluding hydrogens is 564 g/mol. The van der Waals surface area contributed by atoms with E-state index in [1.54, 1.807) is 0 Å². The van der Waals surface area contributed by atoms with Crippen LogP contribution in [0.2, 0.25) is 0 Å². The van der Waals surface area contributed by atoms with Crippen molar-refractivity contribution in [1.29, 1.82) is 0 Å². The van der Waals surface area contributed by atoms with E-state index in [1.165, 1.54) is 29.7 Å². The van der Waals surface area contributed by atoms with Crippen molar-refractivity contribution in [3.63, 3.8) is 0 Å². The number of anilines is 3. The van der Waals surface area contributed by atoms with Crippen LogP contribution in [0, 0.1) is 16.7 Å². The predicted octanol–water partition coefficient (Wildman–Crippen LogP) is 5.77. The number of fused-ring (bicyclic) bond motifs is 4. The quantitative estimate of drug-likeness (QED) is 0.338. The third-order valence-corrected chi connectivity index (χ3v) is 10.9. The van der Waals surface area contributed by atoms with Crippen LogP contribution in [0.1, 0.15) is 62.8 Å². The van der Waals surface area contributed by atoms with E-state index < -0.39 is 21.3 Å². The molecule has 10 heteroatoms. The smallest absolute Gasteiger partial charge is 0.265 e. The van der Waals surface area contributed by atoms with Crippen LogP contribution >= 0.6 is 0 Å². The molecule has 43 heavy (non-hydrogen) atoms. The highest BCUT2D eigenvalue weighted by Crippen LogP contribution is 2.64. The predicted molar refractivity (Wildman–Crippen MR) is 166 cm³/mol. The van der Waals surface area contributed by atoms with E-state index in [-0.39, 0.29) is 17.1 Å². The van der Waals surface area contributed by atoms with E-state index in [4.69, 9.17) is 19.3 Å². The van der Waals surface area contributed by atoms with Crippen molar-refractivity contribution < 1.29 is 22.5 Å². The van der Waals surface area contributed by atoms with Gasteiger partial charge in [0.1, 0.15) is 24.0 Å². The summed E-state index contributed by atoms with van der Waals surface area (Å²) in [5, 5.41) is 3.58. The maximum atomic E-state index is 11.9. The van der Waals surface area contributed by atoms with Crippen LogP contribution in [0.3, 0.4) is 0 Å². The second kappa shape index (κ2) is 11.5. The number of benzene rings is 2. The van der Waals surface area contributed by atoms with Crippen LogP contribution in [0.5, 0.6) is 5.75 Å². The minimum Gasteiger partial charge on any atom is -0.490 e. The summed E-state index contributed by atoms with van der Waals surface area (Å²) < 4.78 is 36.8. The number of Topliss-reactive ketones (excluding diaryl/α,β-unsaturated/α-hetero) is 1. The first-order valence-corrected chi connectivity index (χ1v) is 16.8. The molecule has 0 spiro atoms. The number of ketones is 1. The van der Waals surface area contributed by atoms with Gasteiger partial charge >= 0.3 is 0 Å². The maximum absolute atomic E-state index is 11.9. The first-order valence-electron chi connectivity index (χ1n) is 15.2. The molecule has 1 aromatic heterocycles. The van der Waals surface area contributed by atoms with Gasteiger partial charge in [0.25, 0.3) is 10.1 Å².